The maximum atomic E-state index is 15.3. The molecule has 0 radical (unpaired) electrons. The summed E-state index contributed by atoms with van der Waals surface area (Å²) < 4.78 is 54.3. The standard InChI is InChI=1S/C31H31F2N5O8S/c1-47(45,46)24-4-2-21(18-11-20(33)27(40)26(18)24)37-13-15(14-37)29(42)36-8-6-35(7-9-36)23-12-17-16(10-19(23)32)30(43)38(31(17)44)22-3-5-25(39)34-28(22)41/h2,4,10,12,15,20,22,27,40H,3,5-9,11,13-14H2,1H3,(H,34,39,41)/t20-,22?,27-/m1/s1. The van der Waals surface area contributed by atoms with Crippen molar-refractivity contribution < 1.29 is 46.3 Å². The Labute approximate surface area is 268 Å². The summed E-state index contributed by atoms with van der Waals surface area (Å²) in [6.07, 6.45) is -2.33. The number of halogens is 2. The van der Waals surface area contributed by atoms with Gasteiger partial charge in [-0.1, -0.05) is 0 Å². The number of aliphatic hydroxyl groups is 1. The third-order valence-electron chi connectivity index (χ3n) is 9.74. The number of piperidine rings is 1. The summed E-state index contributed by atoms with van der Waals surface area (Å²) in [5, 5.41) is 12.5. The Hall–Kier alpha value is -4.44. The number of alkyl halides is 1. The molecule has 7 rings (SSSR count). The molecule has 0 spiro atoms. The lowest BCUT2D eigenvalue weighted by Gasteiger charge is -2.44. The lowest BCUT2D eigenvalue weighted by molar-refractivity contribution is -0.137. The fraction of sp³-hybridized carbons (Fsp3) is 0.452. The van der Waals surface area contributed by atoms with E-state index in [-0.39, 0.29) is 84.5 Å². The number of piperazine rings is 1. The van der Waals surface area contributed by atoms with Gasteiger partial charge in [0.1, 0.15) is 24.1 Å². The number of carbonyl (C=O) groups excluding carboxylic acids is 5. The second kappa shape index (κ2) is 11.1. The molecule has 2 aromatic carbocycles. The van der Waals surface area contributed by atoms with Crippen LogP contribution in [0.3, 0.4) is 0 Å². The minimum Gasteiger partial charge on any atom is -0.385 e. The molecule has 47 heavy (non-hydrogen) atoms. The molecular formula is C31H31F2N5O8S. The van der Waals surface area contributed by atoms with Crippen LogP contribution in [0.4, 0.5) is 20.2 Å². The summed E-state index contributed by atoms with van der Waals surface area (Å²) in [5.41, 5.74) is 1.01. The van der Waals surface area contributed by atoms with Gasteiger partial charge in [-0.2, -0.15) is 0 Å². The number of nitrogens with zero attached hydrogens (tertiary/aromatic N) is 4. The summed E-state index contributed by atoms with van der Waals surface area (Å²) in [6.45, 7) is 1.72. The summed E-state index contributed by atoms with van der Waals surface area (Å²) in [5.74, 6) is -3.98. The molecule has 0 saturated carbocycles. The van der Waals surface area contributed by atoms with Crippen molar-refractivity contribution >= 4 is 50.7 Å². The maximum Gasteiger partial charge on any atom is 0.262 e. The van der Waals surface area contributed by atoms with Gasteiger partial charge in [-0.3, -0.25) is 34.2 Å². The van der Waals surface area contributed by atoms with Crippen molar-refractivity contribution in [2.45, 2.75) is 42.5 Å². The highest BCUT2D eigenvalue weighted by Gasteiger charge is 2.46. The van der Waals surface area contributed by atoms with E-state index in [9.17, 15) is 41.9 Å². The number of hydrogen-bond acceptors (Lipinski definition) is 10. The predicted octanol–water partition coefficient (Wildman–Crippen LogP) is 0.343. The van der Waals surface area contributed by atoms with E-state index in [1.54, 1.807) is 15.9 Å². The van der Waals surface area contributed by atoms with Gasteiger partial charge in [-0.25, -0.2) is 17.2 Å². The molecule has 0 bridgehead atoms. The first-order chi connectivity index (χ1) is 22.2. The van der Waals surface area contributed by atoms with Crippen LogP contribution in [0.2, 0.25) is 0 Å². The van der Waals surface area contributed by atoms with Crippen LogP contribution in [-0.4, -0.2) is 111 Å². The van der Waals surface area contributed by atoms with E-state index in [0.717, 1.165) is 17.2 Å². The Morgan fingerprint density at radius 1 is 0.957 bits per heavy atom. The van der Waals surface area contributed by atoms with Crippen molar-refractivity contribution in [3.8, 4) is 0 Å². The van der Waals surface area contributed by atoms with E-state index in [1.807, 2.05) is 4.90 Å². The first kappa shape index (κ1) is 31.2. The average Bonchev–Trinajstić information content (AvgIpc) is 3.42. The Kier molecular flexibility index (Phi) is 7.35. The zero-order valence-corrected chi connectivity index (χ0v) is 26.1. The van der Waals surface area contributed by atoms with E-state index in [1.165, 1.54) is 12.1 Å². The zero-order chi connectivity index (χ0) is 33.5. The molecule has 2 N–H and O–H groups in total. The van der Waals surface area contributed by atoms with Crippen LogP contribution >= 0.6 is 0 Å². The van der Waals surface area contributed by atoms with E-state index >= 15 is 4.39 Å². The number of hydrogen-bond donors (Lipinski definition) is 2. The fourth-order valence-electron chi connectivity index (χ4n) is 7.26. The van der Waals surface area contributed by atoms with Crippen LogP contribution in [-0.2, 0) is 30.6 Å². The normalized spacial score (nSPS) is 24.8. The Balaban J connectivity index is 0.997. The summed E-state index contributed by atoms with van der Waals surface area (Å²) in [6, 6.07) is 4.08. The van der Waals surface area contributed by atoms with E-state index in [0.29, 0.717) is 24.3 Å². The van der Waals surface area contributed by atoms with Crippen molar-refractivity contribution in [1.29, 1.82) is 0 Å². The second-order valence-electron chi connectivity index (χ2n) is 12.6. The molecule has 16 heteroatoms. The van der Waals surface area contributed by atoms with Crippen LogP contribution in [0, 0.1) is 11.7 Å². The monoisotopic (exact) mass is 671 g/mol. The van der Waals surface area contributed by atoms with Crippen LogP contribution in [0.5, 0.6) is 0 Å². The Morgan fingerprint density at radius 3 is 2.26 bits per heavy atom. The molecule has 13 nitrogen and oxygen atoms in total. The summed E-state index contributed by atoms with van der Waals surface area (Å²) >= 11 is 0. The molecule has 3 saturated heterocycles. The molecule has 4 aliphatic heterocycles. The van der Waals surface area contributed by atoms with Gasteiger partial charge in [0.15, 0.2) is 9.84 Å². The van der Waals surface area contributed by atoms with Gasteiger partial charge in [-0.05, 0) is 36.2 Å². The Morgan fingerprint density at radius 2 is 1.62 bits per heavy atom. The number of benzene rings is 2. The molecule has 4 heterocycles. The second-order valence-corrected chi connectivity index (χ2v) is 14.6. The first-order valence-corrected chi connectivity index (χ1v) is 17.2. The van der Waals surface area contributed by atoms with Gasteiger partial charge in [0.05, 0.1) is 27.6 Å². The van der Waals surface area contributed by atoms with E-state index in [2.05, 4.69) is 5.32 Å². The van der Waals surface area contributed by atoms with Gasteiger partial charge in [-0.15, -0.1) is 0 Å². The molecule has 248 valence electrons. The lowest BCUT2D eigenvalue weighted by atomic mass is 9.95. The molecule has 2 aromatic rings. The summed E-state index contributed by atoms with van der Waals surface area (Å²) in [7, 11) is -3.69. The number of rotatable bonds is 5. The number of aliphatic hydroxyl groups excluding tert-OH is 1. The molecule has 5 aliphatic rings. The van der Waals surface area contributed by atoms with Gasteiger partial charge < -0.3 is 19.8 Å². The number of sulfone groups is 1. The minimum absolute atomic E-state index is 0.0148. The van der Waals surface area contributed by atoms with Gasteiger partial charge in [0, 0.05) is 69.6 Å². The average molecular weight is 672 g/mol. The molecule has 0 aromatic heterocycles. The summed E-state index contributed by atoms with van der Waals surface area (Å²) in [4.78, 5) is 69.3. The third kappa shape index (κ3) is 5.04. The fourth-order valence-corrected chi connectivity index (χ4v) is 8.21. The maximum absolute atomic E-state index is 15.3. The van der Waals surface area contributed by atoms with Crippen molar-refractivity contribution in [3.63, 3.8) is 0 Å². The van der Waals surface area contributed by atoms with Crippen molar-refractivity contribution in [3.05, 3.63) is 52.3 Å². The molecule has 1 aliphatic carbocycles. The lowest BCUT2D eigenvalue weighted by Crippen LogP contribution is -2.58. The van der Waals surface area contributed by atoms with Crippen molar-refractivity contribution in [2.24, 2.45) is 5.92 Å². The third-order valence-corrected chi connectivity index (χ3v) is 10.9. The highest BCUT2D eigenvalue weighted by Crippen LogP contribution is 2.44. The zero-order valence-electron chi connectivity index (χ0n) is 25.2. The van der Waals surface area contributed by atoms with Gasteiger partial charge >= 0.3 is 0 Å². The predicted molar refractivity (Wildman–Crippen MR) is 161 cm³/mol. The Bertz CT molecular complexity index is 1870. The first-order valence-electron chi connectivity index (χ1n) is 15.3. The quantitative estimate of drug-likeness (QED) is 0.424. The number of amides is 5. The highest BCUT2D eigenvalue weighted by molar-refractivity contribution is 7.90. The minimum atomic E-state index is -3.69. The number of imide groups is 2. The van der Waals surface area contributed by atoms with Crippen molar-refractivity contribution in [1.82, 2.24) is 15.1 Å². The number of fused-ring (bicyclic) bond motifs is 2. The van der Waals surface area contributed by atoms with Gasteiger partial charge in [0.2, 0.25) is 17.7 Å². The largest absolute Gasteiger partial charge is 0.385 e. The number of anilines is 2. The van der Waals surface area contributed by atoms with Crippen LogP contribution in [0.25, 0.3) is 0 Å². The molecule has 5 amide bonds. The van der Waals surface area contributed by atoms with Crippen LogP contribution < -0.4 is 15.1 Å². The smallest absolute Gasteiger partial charge is 0.262 e. The van der Waals surface area contributed by atoms with E-state index < -0.39 is 57.6 Å². The molecular weight excluding hydrogens is 640 g/mol. The highest BCUT2D eigenvalue weighted by atomic mass is 32.2. The van der Waals surface area contributed by atoms with Crippen molar-refractivity contribution in [2.75, 3.05) is 55.3 Å². The molecule has 3 fully saturated rings. The van der Waals surface area contributed by atoms with E-state index in [4.69, 9.17) is 0 Å². The van der Waals surface area contributed by atoms with Crippen LogP contribution in [0.1, 0.15) is 50.8 Å². The number of carbonyl (C=O) groups is 5. The molecule has 3 atom stereocenters. The molecule has 1 unspecified atom stereocenters. The van der Waals surface area contributed by atoms with Gasteiger partial charge in [0.25, 0.3) is 11.8 Å². The topological polar surface area (TPSA) is 165 Å². The SMILES string of the molecule is CS(=O)(=O)c1ccc(N2CC(C(=O)N3CCN(c4cc5c(cc4F)C(=O)N(C4CCC(=O)NC4=O)C5=O)CC3)C2)c2c1[C@H](O)[C@H](F)C2. The number of nitrogens with one attached hydrogen (secondary N) is 1. The van der Waals surface area contributed by atoms with Crippen LogP contribution in [0.15, 0.2) is 29.2 Å².